The number of amides is 2. The minimum atomic E-state index is -3.58. The summed E-state index contributed by atoms with van der Waals surface area (Å²) in [5.41, 5.74) is -1.70. The fourth-order valence-corrected chi connectivity index (χ4v) is 5.19. The van der Waals surface area contributed by atoms with Crippen molar-refractivity contribution in [3.05, 3.63) is 64.2 Å². The first-order valence-corrected chi connectivity index (χ1v) is 13.4. The van der Waals surface area contributed by atoms with Crippen LogP contribution in [-0.4, -0.2) is 54.7 Å². The van der Waals surface area contributed by atoms with Crippen LogP contribution in [0.15, 0.2) is 41.3 Å². The molecule has 2 N–H and O–H groups in total. The second kappa shape index (κ2) is 9.47. The minimum Gasteiger partial charge on any atom is -0.387 e. The van der Waals surface area contributed by atoms with Crippen LogP contribution in [0.5, 0.6) is 0 Å². The van der Waals surface area contributed by atoms with E-state index in [1.807, 2.05) is 0 Å². The molecular formula is C25H23ClF2N2O5S. The fraction of sp³-hybridized carbons (Fsp3) is 0.360. The number of benzene rings is 2. The van der Waals surface area contributed by atoms with Crippen molar-refractivity contribution in [1.29, 1.82) is 0 Å². The van der Waals surface area contributed by atoms with Crippen LogP contribution >= 0.6 is 11.6 Å². The van der Waals surface area contributed by atoms with Crippen molar-refractivity contribution in [2.45, 2.75) is 41.8 Å². The van der Waals surface area contributed by atoms with Crippen molar-refractivity contribution in [2.24, 2.45) is 5.92 Å². The lowest BCUT2D eigenvalue weighted by Crippen LogP contribution is -2.49. The fourth-order valence-electron chi connectivity index (χ4n) is 4.37. The molecule has 1 saturated carbocycles. The number of nitrogens with zero attached hydrogens (tertiary/aromatic N) is 1. The Balaban J connectivity index is 1.64. The summed E-state index contributed by atoms with van der Waals surface area (Å²) >= 11 is 5.65. The summed E-state index contributed by atoms with van der Waals surface area (Å²) in [7, 11) is -3.58. The van der Waals surface area contributed by atoms with Crippen LogP contribution in [0.1, 0.15) is 41.2 Å². The SMILES string of the molecule is C#C[C@@H]1C[C@H](C(=O)N[C@@H](c2cc(F)c(Cl)cc2F)C2(O)CC2)N(C(=O)c2cccc(S(C)(=O)=O)c2)C1. The van der Waals surface area contributed by atoms with E-state index in [1.54, 1.807) is 0 Å². The van der Waals surface area contributed by atoms with E-state index >= 15 is 0 Å². The molecule has 3 atom stereocenters. The van der Waals surface area contributed by atoms with Gasteiger partial charge in [0.1, 0.15) is 17.7 Å². The number of hydrogen-bond donors (Lipinski definition) is 2. The predicted molar refractivity (Wildman–Crippen MR) is 128 cm³/mol. The Bertz CT molecular complexity index is 1390. The molecule has 0 unspecified atom stereocenters. The summed E-state index contributed by atoms with van der Waals surface area (Å²) in [5, 5.41) is 12.9. The summed E-state index contributed by atoms with van der Waals surface area (Å²) in [6.45, 7) is 0.0371. The molecule has 4 rings (SSSR count). The molecule has 2 amide bonds. The highest BCUT2D eigenvalue weighted by molar-refractivity contribution is 7.90. The van der Waals surface area contributed by atoms with Crippen LogP contribution in [0.2, 0.25) is 5.02 Å². The quantitative estimate of drug-likeness (QED) is 0.436. The van der Waals surface area contributed by atoms with Gasteiger partial charge in [-0.05, 0) is 49.6 Å². The topological polar surface area (TPSA) is 104 Å². The third-order valence-electron chi connectivity index (χ3n) is 6.55. The highest BCUT2D eigenvalue weighted by Crippen LogP contribution is 2.47. The second-order valence-corrected chi connectivity index (χ2v) is 11.6. The third-order valence-corrected chi connectivity index (χ3v) is 7.95. The molecule has 2 fully saturated rings. The number of sulfone groups is 1. The predicted octanol–water partition coefficient (Wildman–Crippen LogP) is 2.87. The standard InChI is InChI=1S/C25H23ClF2N2O5S/c1-3-14-9-21(30(13-14)24(32)15-5-4-6-16(10-15)36(2,34)35)23(31)29-22(25(33)7-8-25)17-11-20(28)18(26)12-19(17)27/h1,4-6,10-12,14,21-22,33H,7-9,13H2,2H3,(H,29,31)/t14-,21-,22+/m1/s1. The van der Waals surface area contributed by atoms with Gasteiger partial charge in [0.05, 0.1) is 21.6 Å². The first kappa shape index (κ1) is 26.1. The van der Waals surface area contributed by atoms with Crippen LogP contribution < -0.4 is 5.32 Å². The van der Waals surface area contributed by atoms with Gasteiger partial charge in [-0.15, -0.1) is 12.3 Å². The summed E-state index contributed by atoms with van der Waals surface area (Å²) in [6.07, 6.45) is 7.17. The van der Waals surface area contributed by atoms with Gasteiger partial charge in [-0.25, -0.2) is 17.2 Å². The van der Waals surface area contributed by atoms with Crippen LogP contribution in [0, 0.1) is 29.9 Å². The molecule has 2 aromatic carbocycles. The van der Waals surface area contributed by atoms with Crippen molar-refractivity contribution in [2.75, 3.05) is 12.8 Å². The molecule has 7 nitrogen and oxygen atoms in total. The molecule has 1 heterocycles. The molecule has 0 spiro atoms. The third kappa shape index (κ3) is 5.09. The zero-order chi connectivity index (χ0) is 26.4. The zero-order valence-corrected chi connectivity index (χ0v) is 20.7. The Hall–Kier alpha value is -3.00. The van der Waals surface area contributed by atoms with Crippen LogP contribution in [-0.2, 0) is 14.6 Å². The van der Waals surface area contributed by atoms with Crippen molar-refractivity contribution in [3.8, 4) is 12.3 Å². The van der Waals surface area contributed by atoms with E-state index in [0.717, 1.165) is 18.4 Å². The normalized spacial score (nSPS) is 21.5. The Morgan fingerprint density at radius 3 is 2.56 bits per heavy atom. The van der Waals surface area contributed by atoms with E-state index in [4.69, 9.17) is 18.0 Å². The molecule has 0 radical (unpaired) electrons. The lowest BCUT2D eigenvalue weighted by molar-refractivity contribution is -0.126. The highest BCUT2D eigenvalue weighted by atomic mass is 35.5. The van der Waals surface area contributed by atoms with Gasteiger partial charge in [-0.1, -0.05) is 17.7 Å². The number of hydrogen-bond acceptors (Lipinski definition) is 5. The number of carbonyl (C=O) groups excluding carboxylic acids is 2. The molecule has 1 aliphatic carbocycles. The number of carbonyl (C=O) groups is 2. The van der Waals surface area contributed by atoms with Crippen LogP contribution in [0.4, 0.5) is 8.78 Å². The van der Waals surface area contributed by atoms with E-state index in [2.05, 4.69) is 11.2 Å². The maximum atomic E-state index is 14.7. The number of rotatable bonds is 6. The van der Waals surface area contributed by atoms with E-state index in [0.29, 0.717) is 0 Å². The lowest BCUT2D eigenvalue weighted by atomic mass is 9.97. The molecule has 0 bridgehead atoms. The van der Waals surface area contributed by atoms with Gasteiger partial charge >= 0.3 is 0 Å². The highest BCUT2D eigenvalue weighted by Gasteiger charge is 2.51. The largest absolute Gasteiger partial charge is 0.387 e. The number of aliphatic hydroxyl groups is 1. The monoisotopic (exact) mass is 536 g/mol. The molecule has 36 heavy (non-hydrogen) atoms. The maximum absolute atomic E-state index is 14.7. The maximum Gasteiger partial charge on any atom is 0.254 e. The smallest absolute Gasteiger partial charge is 0.254 e. The van der Waals surface area contributed by atoms with Gasteiger partial charge in [0.15, 0.2) is 9.84 Å². The molecule has 2 aliphatic rings. The van der Waals surface area contributed by atoms with E-state index in [-0.39, 0.29) is 41.8 Å². The van der Waals surface area contributed by atoms with Gasteiger partial charge < -0.3 is 15.3 Å². The Morgan fingerprint density at radius 1 is 1.25 bits per heavy atom. The first-order valence-electron chi connectivity index (χ1n) is 11.1. The van der Waals surface area contributed by atoms with E-state index in [1.165, 1.54) is 29.2 Å². The molecule has 11 heteroatoms. The number of nitrogens with one attached hydrogen (secondary N) is 1. The van der Waals surface area contributed by atoms with Crippen molar-refractivity contribution in [1.82, 2.24) is 10.2 Å². The summed E-state index contributed by atoms with van der Waals surface area (Å²) < 4.78 is 52.7. The van der Waals surface area contributed by atoms with Gasteiger partial charge in [0.25, 0.3) is 5.91 Å². The number of halogens is 3. The Kier molecular flexibility index (Phi) is 6.86. The molecule has 1 aliphatic heterocycles. The average molecular weight is 537 g/mol. The minimum absolute atomic E-state index is 0.0371. The van der Waals surface area contributed by atoms with Gasteiger partial charge in [0.2, 0.25) is 5.91 Å². The average Bonchev–Trinajstić information content (AvgIpc) is 3.42. The molecule has 2 aromatic rings. The van der Waals surface area contributed by atoms with Gasteiger partial charge in [-0.3, -0.25) is 9.59 Å². The van der Waals surface area contributed by atoms with Crippen molar-refractivity contribution in [3.63, 3.8) is 0 Å². The Morgan fingerprint density at radius 2 is 1.94 bits per heavy atom. The summed E-state index contributed by atoms with van der Waals surface area (Å²) in [5.74, 6) is -1.06. The number of likely N-dealkylation sites (tertiary alicyclic amines) is 1. The van der Waals surface area contributed by atoms with E-state index in [9.17, 15) is 31.9 Å². The van der Waals surface area contributed by atoms with Crippen LogP contribution in [0.25, 0.3) is 0 Å². The molecule has 1 saturated heterocycles. The molecule has 0 aromatic heterocycles. The summed E-state index contributed by atoms with van der Waals surface area (Å²) in [4.78, 5) is 27.9. The second-order valence-electron chi connectivity index (χ2n) is 9.21. The lowest BCUT2D eigenvalue weighted by Gasteiger charge is -2.29. The van der Waals surface area contributed by atoms with Crippen LogP contribution in [0.3, 0.4) is 0 Å². The number of terminal acetylenes is 1. The summed E-state index contributed by atoms with van der Waals surface area (Å²) in [6, 6.07) is 4.66. The van der Waals surface area contributed by atoms with Crippen molar-refractivity contribution < 1.29 is 31.9 Å². The van der Waals surface area contributed by atoms with Gasteiger partial charge in [-0.2, -0.15) is 0 Å². The van der Waals surface area contributed by atoms with E-state index < -0.39 is 61.9 Å². The Labute approximate surface area is 212 Å². The van der Waals surface area contributed by atoms with Gasteiger partial charge in [0, 0.05) is 29.8 Å². The first-order chi connectivity index (χ1) is 16.8. The van der Waals surface area contributed by atoms with Crippen molar-refractivity contribution >= 4 is 33.3 Å². The zero-order valence-electron chi connectivity index (χ0n) is 19.2. The molecular weight excluding hydrogens is 514 g/mol. The molecule has 190 valence electrons.